The molecule has 1 N–H and O–H groups in total. The minimum atomic E-state index is -0.240. The summed E-state index contributed by atoms with van der Waals surface area (Å²) in [5.74, 6) is 0.421. The van der Waals surface area contributed by atoms with Crippen LogP contribution in [0.1, 0.15) is 25.0 Å². The van der Waals surface area contributed by atoms with Gasteiger partial charge in [0.1, 0.15) is 5.82 Å². The average Bonchev–Trinajstić information content (AvgIpc) is 2.39. The molecule has 0 aliphatic rings. The summed E-state index contributed by atoms with van der Waals surface area (Å²) in [5.41, 5.74) is 3.00. The van der Waals surface area contributed by atoms with E-state index in [-0.39, 0.29) is 5.82 Å². The summed E-state index contributed by atoms with van der Waals surface area (Å²) in [6, 6.07) is 13.5. The number of hydrogen-bond donors (Lipinski definition) is 1. The van der Waals surface area contributed by atoms with Gasteiger partial charge in [-0.15, -0.1) is 0 Å². The molecule has 20 heavy (non-hydrogen) atoms. The Morgan fingerprint density at radius 1 is 1.05 bits per heavy atom. The second-order valence-corrected chi connectivity index (χ2v) is 6.22. The van der Waals surface area contributed by atoms with Gasteiger partial charge in [0.2, 0.25) is 0 Å². The topological polar surface area (TPSA) is 12.0 Å². The van der Waals surface area contributed by atoms with Crippen molar-refractivity contribution in [2.24, 2.45) is 5.92 Å². The quantitative estimate of drug-likeness (QED) is 0.771. The van der Waals surface area contributed by atoms with Gasteiger partial charge in [-0.2, -0.15) is 0 Å². The van der Waals surface area contributed by atoms with Crippen LogP contribution in [-0.4, -0.2) is 0 Å². The van der Waals surface area contributed by atoms with Gasteiger partial charge in [0, 0.05) is 11.0 Å². The second-order valence-electron chi connectivity index (χ2n) is 5.36. The maximum absolute atomic E-state index is 13.7. The summed E-state index contributed by atoms with van der Waals surface area (Å²) in [6.07, 6.45) is 1.09. The predicted molar refractivity (Wildman–Crippen MR) is 86.4 cm³/mol. The van der Waals surface area contributed by atoms with E-state index in [0.29, 0.717) is 18.2 Å². The van der Waals surface area contributed by atoms with Crippen molar-refractivity contribution in [1.29, 1.82) is 0 Å². The second kappa shape index (κ2) is 6.89. The van der Waals surface area contributed by atoms with Gasteiger partial charge in [0.15, 0.2) is 0 Å². The van der Waals surface area contributed by atoms with Gasteiger partial charge in [-0.05, 0) is 51.5 Å². The summed E-state index contributed by atoms with van der Waals surface area (Å²) >= 11 is 3.36. The molecule has 2 aromatic carbocycles. The van der Waals surface area contributed by atoms with E-state index in [1.165, 1.54) is 11.6 Å². The molecular weight excluding hydrogens is 317 g/mol. The van der Waals surface area contributed by atoms with E-state index >= 15 is 0 Å². The van der Waals surface area contributed by atoms with E-state index in [2.05, 4.69) is 59.4 Å². The van der Waals surface area contributed by atoms with Crippen molar-refractivity contribution in [2.75, 3.05) is 5.32 Å². The maximum Gasteiger partial charge on any atom is 0.147 e. The minimum absolute atomic E-state index is 0.240. The lowest BCUT2D eigenvalue weighted by Gasteiger charge is -2.10. The van der Waals surface area contributed by atoms with Gasteiger partial charge in [0.05, 0.1) is 5.69 Å². The van der Waals surface area contributed by atoms with Crippen molar-refractivity contribution < 1.29 is 4.39 Å². The van der Waals surface area contributed by atoms with Gasteiger partial charge < -0.3 is 5.32 Å². The molecule has 2 aromatic rings. The molecule has 0 spiro atoms. The standard InChI is InChI=1S/C17H19BrFN/c1-12(2)10-13-6-8-14(9-7-13)11-20-17-15(18)4-3-5-16(17)19/h3-9,12,20H,10-11H2,1-2H3. The first-order chi connectivity index (χ1) is 9.56. The van der Waals surface area contributed by atoms with Crippen LogP contribution in [-0.2, 0) is 13.0 Å². The Morgan fingerprint density at radius 2 is 1.70 bits per heavy atom. The van der Waals surface area contributed by atoms with Crippen LogP contribution in [0.3, 0.4) is 0 Å². The number of anilines is 1. The van der Waals surface area contributed by atoms with Crippen molar-refractivity contribution in [1.82, 2.24) is 0 Å². The maximum atomic E-state index is 13.7. The number of para-hydroxylation sites is 1. The van der Waals surface area contributed by atoms with E-state index in [4.69, 9.17) is 0 Å². The van der Waals surface area contributed by atoms with Gasteiger partial charge in [-0.1, -0.05) is 44.2 Å². The lowest BCUT2D eigenvalue weighted by atomic mass is 10.0. The van der Waals surface area contributed by atoms with Crippen molar-refractivity contribution in [3.05, 3.63) is 63.9 Å². The fourth-order valence-corrected chi connectivity index (χ4v) is 2.60. The highest BCUT2D eigenvalue weighted by Crippen LogP contribution is 2.25. The molecule has 0 saturated heterocycles. The van der Waals surface area contributed by atoms with Gasteiger partial charge in [-0.3, -0.25) is 0 Å². The van der Waals surface area contributed by atoms with Crippen LogP contribution in [0.2, 0.25) is 0 Å². The third kappa shape index (κ3) is 4.07. The van der Waals surface area contributed by atoms with E-state index in [1.54, 1.807) is 6.07 Å². The van der Waals surface area contributed by atoms with Crippen molar-refractivity contribution in [2.45, 2.75) is 26.8 Å². The van der Waals surface area contributed by atoms with Gasteiger partial charge >= 0.3 is 0 Å². The largest absolute Gasteiger partial charge is 0.378 e. The highest BCUT2D eigenvalue weighted by Gasteiger charge is 2.05. The molecule has 106 valence electrons. The van der Waals surface area contributed by atoms with Crippen LogP contribution in [0.4, 0.5) is 10.1 Å². The van der Waals surface area contributed by atoms with Gasteiger partial charge in [0.25, 0.3) is 0 Å². The molecule has 0 atom stereocenters. The van der Waals surface area contributed by atoms with Crippen LogP contribution >= 0.6 is 15.9 Å². The monoisotopic (exact) mass is 335 g/mol. The van der Waals surface area contributed by atoms with Crippen molar-refractivity contribution in [3.8, 4) is 0 Å². The number of halogens is 2. The summed E-state index contributed by atoms with van der Waals surface area (Å²) in [7, 11) is 0. The fourth-order valence-electron chi connectivity index (χ4n) is 2.12. The third-order valence-electron chi connectivity index (χ3n) is 3.10. The summed E-state index contributed by atoms with van der Waals surface area (Å²) in [5, 5.41) is 3.14. The first-order valence-electron chi connectivity index (χ1n) is 6.82. The molecule has 0 fully saturated rings. The molecule has 0 heterocycles. The minimum Gasteiger partial charge on any atom is -0.378 e. The first kappa shape index (κ1) is 15.0. The van der Waals surface area contributed by atoms with Crippen LogP contribution in [0.25, 0.3) is 0 Å². The molecule has 3 heteroatoms. The average molecular weight is 336 g/mol. The van der Waals surface area contributed by atoms with Crippen LogP contribution < -0.4 is 5.32 Å². The Morgan fingerprint density at radius 3 is 2.30 bits per heavy atom. The Kier molecular flexibility index (Phi) is 5.18. The van der Waals surface area contributed by atoms with Crippen LogP contribution in [0.5, 0.6) is 0 Å². The van der Waals surface area contributed by atoms with Gasteiger partial charge in [-0.25, -0.2) is 4.39 Å². The highest BCUT2D eigenvalue weighted by molar-refractivity contribution is 9.10. The Hall–Kier alpha value is -1.35. The van der Waals surface area contributed by atoms with E-state index in [9.17, 15) is 4.39 Å². The molecule has 0 unspecified atom stereocenters. The summed E-state index contributed by atoms with van der Waals surface area (Å²) in [4.78, 5) is 0. The molecule has 1 nitrogen and oxygen atoms in total. The van der Waals surface area contributed by atoms with E-state index in [0.717, 1.165) is 16.5 Å². The lowest BCUT2D eigenvalue weighted by Crippen LogP contribution is -2.02. The molecule has 0 bridgehead atoms. The smallest absolute Gasteiger partial charge is 0.147 e. The molecule has 0 amide bonds. The number of nitrogens with one attached hydrogen (secondary N) is 1. The molecule has 0 aliphatic heterocycles. The molecule has 0 aromatic heterocycles. The fraction of sp³-hybridized carbons (Fsp3) is 0.294. The van der Waals surface area contributed by atoms with Crippen molar-refractivity contribution >= 4 is 21.6 Å². The number of benzene rings is 2. The van der Waals surface area contributed by atoms with Crippen molar-refractivity contribution in [3.63, 3.8) is 0 Å². The number of rotatable bonds is 5. The molecule has 0 aliphatic carbocycles. The molecular formula is C17H19BrFN. The Balaban J connectivity index is 2.00. The summed E-state index contributed by atoms with van der Waals surface area (Å²) < 4.78 is 14.4. The zero-order valence-electron chi connectivity index (χ0n) is 11.8. The zero-order chi connectivity index (χ0) is 14.5. The SMILES string of the molecule is CC(C)Cc1ccc(CNc2c(F)cccc2Br)cc1. The predicted octanol–water partition coefficient (Wildman–Crippen LogP) is 5.40. The molecule has 2 rings (SSSR count). The normalized spacial score (nSPS) is 10.8. The zero-order valence-corrected chi connectivity index (χ0v) is 13.4. The Labute approximate surface area is 128 Å². The molecule has 0 saturated carbocycles. The summed E-state index contributed by atoms with van der Waals surface area (Å²) in [6.45, 7) is 5.04. The third-order valence-corrected chi connectivity index (χ3v) is 3.76. The Bertz CT molecular complexity index is 543. The highest BCUT2D eigenvalue weighted by atomic mass is 79.9. The first-order valence-corrected chi connectivity index (χ1v) is 7.61. The van der Waals surface area contributed by atoms with E-state index < -0.39 is 0 Å². The number of hydrogen-bond acceptors (Lipinski definition) is 1. The van der Waals surface area contributed by atoms with Crippen LogP contribution in [0.15, 0.2) is 46.9 Å². The lowest BCUT2D eigenvalue weighted by molar-refractivity contribution is 0.629. The molecule has 0 radical (unpaired) electrons. The van der Waals surface area contributed by atoms with E-state index in [1.807, 2.05) is 6.07 Å². The van der Waals surface area contributed by atoms with Crippen LogP contribution in [0, 0.1) is 11.7 Å².